The summed E-state index contributed by atoms with van der Waals surface area (Å²) in [5, 5.41) is 3.46. The highest BCUT2D eigenvalue weighted by molar-refractivity contribution is 5.46. The molecule has 0 saturated heterocycles. The first-order valence-corrected chi connectivity index (χ1v) is 6.84. The van der Waals surface area contributed by atoms with Gasteiger partial charge < -0.3 is 10.2 Å². The topological polar surface area (TPSA) is 41.1 Å². The van der Waals surface area contributed by atoms with Crippen molar-refractivity contribution in [3.63, 3.8) is 0 Å². The van der Waals surface area contributed by atoms with Crippen molar-refractivity contribution in [3.8, 4) is 0 Å². The molecule has 1 heterocycles. The van der Waals surface area contributed by atoms with Crippen LogP contribution in [0.4, 0.5) is 5.69 Å². The van der Waals surface area contributed by atoms with Crippen molar-refractivity contribution in [1.29, 1.82) is 0 Å². The maximum Gasteiger partial charge on any atom is 0.0835 e. The lowest BCUT2D eigenvalue weighted by atomic mass is 10.1. The predicted molar refractivity (Wildman–Crippen MR) is 82.6 cm³/mol. The second-order valence-corrected chi connectivity index (χ2v) is 5.33. The van der Waals surface area contributed by atoms with Gasteiger partial charge in [-0.15, -0.1) is 0 Å². The molecule has 0 fully saturated rings. The van der Waals surface area contributed by atoms with Crippen molar-refractivity contribution < 1.29 is 0 Å². The molecule has 4 heteroatoms. The zero-order valence-corrected chi connectivity index (χ0v) is 12.6. The molecular formula is C16H22N4. The molecule has 1 aromatic heterocycles. The fraction of sp³-hybridized carbons (Fsp3) is 0.375. The van der Waals surface area contributed by atoms with E-state index in [1.165, 1.54) is 5.56 Å². The molecule has 1 atom stereocenters. The first-order chi connectivity index (χ1) is 9.56. The second-order valence-electron chi connectivity index (χ2n) is 5.33. The van der Waals surface area contributed by atoms with Crippen LogP contribution in [0, 0.1) is 6.92 Å². The zero-order chi connectivity index (χ0) is 14.5. The van der Waals surface area contributed by atoms with Gasteiger partial charge in [0.25, 0.3) is 0 Å². The summed E-state index contributed by atoms with van der Waals surface area (Å²) in [4.78, 5) is 10.8. The highest BCUT2D eigenvalue weighted by Crippen LogP contribution is 2.19. The number of nitrogens with one attached hydrogen (secondary N) is 1. The minimum Gasteiger partial charge on any atom is -0.377 e. The third-order valence-electron chi connectivity index (χ3n) is 3.17. The molecule has 0 bridgehead atoms. The number of nitrogens with zero attached hydrogens (tertiary/aromatic N) is 3. The van der Waals surface area contributed by atoms with Crippen molar-refractivity contribution in [2.75, 3.05) is 19.4 Å². The van der Waals surface area contributed by atoms with Crippen LogP contribution in [-0.4, -0.2) is 29.0 Å². The van der Waals surface area contributed by atoms with Gasteiger partial charge in [0, 0.05) is 24.6 Å². The number of aryl methyl sites for hydroxylation is 1. The molecule has 0 saturated carbocycles. The van der Waals surface area contributed by atoms with E-state index in [9.17, 15) is 0 Å². The molecule has 1 unspecified atom stereocenters. The van der Waals surface area contributed by atoms with Crippen LogP contribution in [-0.2, 0) is 6.54 Å². The van der Waals surface area contributed by atoms with Crippen LogP contribution >= 0.6 is 0 Å². The van der Waals surface area contributed by atoms with Gasteiger partial charge in [-0.25, -0.2) is 0 Å². The van der Waals surface area contributed by atoms with Gasteiger partial charge in [0.05, 0.1) is 17.4 Å². The maximum absolute atomic E-state index is 4.40. The molecule has 0 amide bonds. The van der Waals surface area contributed by atoms with Gasteiger partial charge in [-0.2, -0.15) is 0 Å². The van der Waals surface area contributed by atoms with E-state index in [0.717, 1.165) is 23.6 Å². The van der Waals surface area contributed by atoms with Gasteiger partial charge in [-0.05, 0) is 45.6 Å². The normalized spacial score (nSPS) is 12.4. The number of hydrogen-bond donors (Lipinski definition) is 1. The van der Waals surface area contributed by atoms with E-state index in [-0.39, 0.29) is 6.04 Å². The monoisotopic (exact) mass is 270 g/mol. The summed E-state index contributed by atoms with van der Waals surface area (Å²) in [6.45, 7) is 5.05. The number of rotatable bonds is 5. The molecule has 20 heavy (non-hydrogen) atoms. The van der Waals surface area contributed by atoms with E-state index >= 15 is 0 Å². The highest BCUT2D eigenvalue weighted by Gasteiger charge is 2.10. The van der Waals surface area contributed by atoms with E-state index in [1.807, 2.05) is 6.92 Å². The van der Waals surface area contributed by atoms with E-state index < -0.39 is 0 Å². The zero-order valence-electron chi connectivity index (χ0n) is 12.6. The van der Waals surface area contributed by atoms with E-state index in [2.05, 4.69) is 65.5 Å². The summed E-state index contributed by atoms with van der Waals surface area (Å²) in [6.07, 6.45) is 3.46. The van der Waals surface area contributed by atoms with Gasteiger partial charge in [0.1, 0.15) is 0 Å². The summed E-state index contributed by atoms with van der Waals surface area (Å²) >= 11 is 0. The standard InChI is InChI=1S/C16H22N4/c1-12-16(18-10-9-17-12)13(2)19-15-7-5-14(6-8-15)11-20(3)4/h5-10,13,19H,11H2,1-4H3. The summed E-state index contributed by atoms with van der Waals surface area (Å²) in [5.74, 6) is 0. The first-order valence-electron chi connectivity index (χ1n) is 6.84. The second kappa shape index (κ2) is 6.48. The maximum atomic E-state index is 4.40. The molecular weight excluding hydrogens is 248 g/mol. The lowest BCUT2D eigenvalue weighted by Crippen LogP contribution is -2.12. The lowest BCUT2D eigenvalue weighted by Gasteiger charge is -2.17. The van der Waals surface area contributed by atoms with E-state index in [1.54, 1.807) is 12.4 Å². The van der Waals surface area contributed by atoms with Gasteiger partial charge in [-0.1, -0.05) is 12.1 Å². The molecule has 0 aliphatic heterocycles. The fourth-order valence-electron chi connectivity index (χ4n) is 2.23. The van der Waals surface area contributed by atoms with E-state index in [0.29, 0.717) is 0 Å². The summed E-state index contributed by atoms with van der Waals surface area (Å²) in [5.41, 5.74) is 4.37. The minimum absolute atomic E-state index is 0.142. The number of benzene rings is 1. The van der Waals surface area contributed by atoms with Gasteiger partial charge in [0.15, 0.2) is 0 Å². The Labute approximate surface area is 120 Å². The molecule has 0 radical (unpaired) electrons. The van der Waals surface area contributed by atoms with Crippen molar-refractivity contribution in [3.05, 3.63) is 53.6 Å². The molecule has 0 spiro atoms. The Bertz CT molecular complexity index is 549. The van der Waals surface area contributed by atoms with Crippen LogP contribution in [0.2, 0.25) is 0 Å². The molecule has 4 nitrogen and oxygen atoms in total. The molecule has 2 rings (SSSR count). The van der Waals surface area contributed by atoms with Gasteiger partial charge in [-0.3, -0.25) is 9.97 Å². The Morgan fingerprint density at radius 1 is 1.10 bits per heavy atom. The minimum atomic E-state index is 0.142. The Kier molecular flexibility index (Phi) is 4.69. The van der Waals surface area contributed by atoms with Crippen LogP contribution < -0.4 is 5.32 Å². The molecule has 1 aromatic carbocycles. The van der Waals surface area contributed by atoms with Crippen LogP contribution in [0.25, 0.3) is 0 Å². The molecule has 0 aliphatic rings. The Balaban J connectivity index is 2.05. The van der Waals surface area contributed by atoms with Gasteiger partial charge in [0.2, 0.25) is 0 Å². The lowest BCUT2D eigenvalue weighted by molar-refractivity contribution is 0.402. The fourth-order valence-corrected chi connectivity index (χ4v) is 2.23. The van der Waals surface area contributed by atoms with Crippen LogP contribution in [0.3, 0.4) is 0 Å². The average Bonchev–Trinajstić information content (AvgIpc) is 2.41. The SMILES string of the molecule is Cc1nccnc1C(C)Nc1ccc(CN(C)C)cc1. The predicted octanol–water partition coefficient (Wildman–Crippen LogP) is 3.02. The Morgan fingerprint density at radius 3 is 2.35 bits per heavy atom. The Hall–Kier alpha value is -1.94. The van der Waals surface area contributed by atoms with E-state index in [4.69, 9.17) is 0 Å². The molecule has 1 N–H and O–H groups in total. The van der Waals surface area contributed by atoms with Crippen molar-refractivity contribution in [1.82, 2.24) is 14.9 Å². The van der Waals surface area contributed by atoms with Crippen LogP contribution in [0.1, 0.15) is 29.9 Å². The van der Waals surface area contributed by atoms with Crippen molar-refractivity contribution in [2.45, 2.75) is 26.4 Å². The molecule has 0 aliphatic carbocycles. The highest BCUT2D eigenvalue weighted by atomic mass is 15.0. The quantitative estimate of drug-likeness (QED) is 0.906. The van der Waals surface area contributed by atoms with Crippen molar-refractivity contribution in [2.24, 2.45) is 0 Å². The average molecular weight is 270 g/mol. The smallest absolute Gasteiger partial charge is 0.0835 e. The summed E-state index contributed by atoms with van der Waals surface area (Å²) in [7, 11) is 4.15. The number of anilines is 1. The van der Waals surface area contributed by atoms with Crippen molar-refractivity contribution >= 4 is 5.69 Å². The number of hydrogen-bond acceptors (Lipinski definition) is 4. The van der Waals surface area contributed by atoms with Gasteiger partial charge >= 0.3 is 0 Å². The van der Waals surface area contributed by atoms with Crippen LogP contribution in [0.5, 0.6) is 0 Å². The Morgan fingerprint density at radius 2 is 1.75 bits per heavy atom. The van der Waals surface area contributed by atoms with Crippen LogP contribution in [0.15, 0.2) is 36.7 Å². The molecule has 2 aromatic rings. The summed E-state index contributed by atoms with van der Waals surface area (Å²) < 4.78 is 0. The largest absolute Gasteiger partial charge is 0.377 e. The first kappa shape index (κ1) is 14.5. The summed E-state index contributed by atoms with van der Waals surface area (Å²) in [6, 6.07) is 8.67. The third-order valence-corrected chi connectivity index (χ3v) is 3.17. The molecule has 106 valence electrons. The third kappa shape index (κ3) is 3.78. The number of aromatic nitrogens is 2.